The molecular weight excluding hydrogens is 506 g/mol. The number of aromatic amines is 1. The molecule has 2 aromatic carbocycles. The summed E-state index contributed by atoms with van der Waals surface area (Å²) in [6.45, 7) is -0.141. The Hall–Kier alpha value is -3.91. The quantitative estimate of drug-likeness (QED) is 0.252. The predicted octanol–water partition coefficient (Wildman–Crippen LogP) is 3.98. The van der Waals surface area contributed by atoms with Gasteiger partial charge in [-0.05, 0) is 55.7 Å². The monoisotopic (exact) mass is 545 g/mol. The van der Waals surface area contributed by atoms with Crippen LogP contribution in [0.1, 0.15) is 49.7 Å². The molecule has 4 rings (SSSR count). The zero-order valence-corrected chi connectivity index (χ0v) is 22.8. The molecule has 0 saturated heterocycles. The number of carbonyl (C=O) groups excluding carboxylic acids is 3. The molecule has 1 aliphatic heterocycles. The van der Waals surface area contributed by atoms with E-state index < -0.39 is 18.0 Å². The summed E-state index contributed by atoms with van der Waals surface area (Å²) in [6.07, 6.45) is 9.97. The molecule has 0 aliphatic carbocycles. The number of aromatic nitrogens is 1. The largest absolute Gasteiger partial charge is 0.463 e. The van der Waals surface area contributed by atoms with Crippen molar-refractivity contribution >= 4 is 28.7 Å². The van der Waals surface area contributed by atoms with Crippen LogP contribution in [-0.4, -0.2) is 53.2 Å². The van der Waals surface area contributed by atoms with E-state index >= 15 is 0 Å². The predicted molar refractivity (Wildman–Crippen MR) is 154 cm³/mol. The average molecular weight is 546 g/mol. The highest BCUT2D eigenvalue weighted by Gasteiger charge is 2.26. The Morgan fingerprint density at radius 3 is 2.67 bits per heavy atom. The summed E-state index contributed by atoms with van der Waals surface area (Å²) in [5.41, 5.74) is 3.02. The van der Waals surface area contributed by atoms with Crippen molar-refractivity contribution in [3.8, 4) is 0 Å². The molecule has 1 aliphatic rings. The third-order valence-electron chi connectivity index (χ3n) is 7.24. The Bertz CT molecular complexity index is 1290. The van der Waals surface area contributed by atoms with Crippen molar-refractivity contribution in [3.05, 3.63) is 84.1 Å². The summed E-state index contributed by atoms with van der Waals surface area (Å²) in [7, 11) is 0. The number of benzene rings is 2. The number of H-pyrrole nitrogens is 1. The number of carbonyl (C=O) groups is 3. The zero-order valence-electron chi connectivity index (χ0n) is 22.8. The van der Waals surface area contributed by atoms with E-state index in [-0.39, 0.29) is 37.4 Å². The van der Waals surface area contributed by atoms with Crippen molar-refractivity contribution in [2.75, 3.05) is 13.2 Å². The molecule has 3 atom stereocenters. The van der Waals surface area contributed by atoms with Gasteiger partial charge in [-0.15, -0.1) is 0 Å². The van der Waals surface area contributed by atoms with Gasteiger partial charge in [-0.1, -0.05) is 60.7 Å². The van der Waals surface area contributed by atoms with Crippen molar-refractivity contribution in [3.63, 3.8) is 0 Å². The highest BCUT2D eigenvalue weighted by molar-refractivity contribution is 5.86. The number of hydrogen-bond donors (Lipinski definition) is 4. The van der Waals surface area contributed by atoms with Crippen molar-refractivity contribution in [2.45, 2.75) is 63.5 Å². The van der Waals surface area contributed by atoms with Crippen molar-refractivity contribution in [1.29, 1.82) is 0 Å². The Balaban J connectivity index is 1.46. The Morgan fingerprint density at radius 2 is 1.85 bits per heavy atom. The fourth-order valence-electron chi connectivity index (χ4n) is 5.07. The maximum atomic E-state index is 13.5. The number of hydrogen-bond acceptors (Lipinski definition) is 5. The number of allylic oxidation sites excluding steroid dienone is 2. The van der Waals surface area contributed by atoms with Gasteiger partial charge in [0.2, 0.25) is 11.8 Å². The van der Waals surface area contributed by atoms with Crippen molar-refractivity contribution in [1.82, 2.24) is 15.6 Å². The number of aliphatic hydroxyl groups is 1. The van der Waals surface area contributed by atoms with Crippen LogP contribution >= 0.6 is 0 Å². The van der Waals surface area contributed by atoms with Crippen molar-refractivity contribution < 1.29 is 24.2 Å². The molecule has 3 unspecified atom stereocenters. The summed E-state index contributed by atoms with van der Waals surface area (Å²) in [6, 6.07) is 16.7. The van der Waals surface area contributed by atoms with Crippen LogP contribution in [0, 0.1) is 5.92 Å². The zero-order chi connectivity index (χ0) is 28.2. The van der Waals surface area contributed by atoms with Crippen LogP contribution in [0.3, 0.4) is 0 Å². The third kappa shape index (κ3) is 8.81. The molecule has 2 amide bonds. The van der Waals surface area contributed by atoms with E-state index in [1.807, 2.05) is 72.9 Å². The van der Waals surface area contributed by atoms with Gasteiger partial charge in [-0.3, -0.25) is 14.4 Å². The molecule has 1 aromatic heterocycles. The number of amides is 2. The molecule has 0 fully saturated rings. The lowest BCUT2D eigenvalue weighted by molar-refractivity contribution is -0.145. The molecule has 2 heterocycles. The van der Waals surface area contributed by atoms with E-state index in [4.69, 9.17) is 4.74 Å². The first-order valence-electron chi connectivity index (χ1n) is 14.1. The number of esters is 1. The van der Waals surface area contributed by atoms with Gasteiger partial charge >= 0.3 is 5.97 Å². The third-order valence-corrected chi connectivity index (χ3v) is 7.24. The summed E-state index contributed by atoms with van der Waals surface area (Å²) < 4.78 is 5.56. The first-order valence-corrected chi connectivity index (χ1v) is 14.1. The number of ether oxygens (including phenoxy) is 1. The molecule has 212 valence electrons. The van der Waals surface area contributed by atoms with E-state index in [0.29, 0.717) is 25.7 Å². The minimum absolute atomic E-state index is 0.0128. The fourth-order valence-corrected chi connectivity index (χ4v) is 5.07. The molecule has 8 nitrogen and oxygen atoms in total. The van der Waals surface area contributed by atoms with Gasteiger partial charge in [-0.25, -0.2) is 0 Å². The van der Waals surface area contributed by atoms with Gasteiger partial charge in [-0.2, -0.15) is 0 Å². The normalized spacial score (nSPS) is 19.8. The second-order valence-corrected chi connectivity index (χ2v) is 10.4. The Kier molecular flexibility index (Phi) is 10.9. The molecule has 0 spiro atoms. The van der Waals surface area contributed by atoms with Crippen LogP contribution in [0.15, 0.2) is 72.9 Å². The maximum absolute atomic E-state index is 13.5. The topological polar surface area (TPSA) is 121 Å². The van der Waals surface area contributed by atoms with E-state index in [1.54, 1.807) is 0 Å². The van der Waals surface area contributed by atoms with E-state index in [1.165, 1.54) is 0 Å². The minimum atomic E-state index is -0.601. The molecule has 0 saturated carbocycles. The van der Waals surface area contributed by atoms with Crippen LogP contribution < -0.4 is 10.6 Å². The smallest absolute Gasteiger partial charge is 0.305 e. The Labute approximate surface area is 235 Å². The maximum Gasteiger partial charge on any atom is 0.305 e. The van der Waals surface area contributed by atoms with Crippen LogP contribution in [0.2, 0.25) is 0 Å². The molecule has 40 heavy (non-hydrogen) atoms. The Morgan fingerprint density at radius 1 is 1.05 bits per heavy atom. The van der Waals surface area contributed by atoms with Crippen LogP contribution in [0.5, 0.6) is 0 Å². The molecule has 0 bridgehead atoms. The number of para-hydroxylation sites is 1. The summed E-state index contributed by atoms with van der Waals surface area (Å²) >= 11 is 0. The van der Waals surface area contributed by atoms with E-state index in [2.05, 4.69) is 15.6 Å². The van der Waals surface area contributed by atoms with Gasteiger partial charge in [0, 0.05) is 29.9 Å². The lowest BCUT2D eigenvalue weighted by atomic mass is 9.97. The number of fused-ring (bicyclic) bond motifs is 1. The number of nitrogens with one attached hydrogen (secondary N) is 3. The minimum Gasteiger partial charge on any atom is -0.463 e. The number of cyclic esters (lactones) is 1. The van der Waals surface area contributed by atoms with Gasteiger partial charge < -0.3 is 25.5 Å². The molecule has 3 aromatic rings. The SMILES string of the molecule is O=C(CC1CC=CCCCCC(=O)OCC(Cc2c[nH]c3ccccc23)NC1=O)NC(CO)Cc1ccccc1. The van der Waals surface area contributed by atoms with Gasteiger partial charge in [0.05, 0.1) is 24.6 Å². The second kappa shape index (κ2) is 15.0. The summed E-state index contributed by atoms with van der Waals surface area (Å²) in [5, 5.41) is 16.9. The first kappa shape index (κ1) is 29.1. The standard InChI is InChI=1S/C32H39N3O5/c36-21-26(17-23-11-5-4-6-12-23)34-30(37)19-24-13-7-2-1-3-8-16-31(38)40-22-27(35-32(24)39)18-25-20-33-29-15-10-9-14-28(25)29/h2,4-7,9-12,14-15,20,24,26-27,33,36H,1,3,8,13,16-19,21-22H2,(H,34,37)(H,35,39). The molecule has 8 heteroatoms. The van der Waals surface area contributed by atoms with Crippen LogP contribution in [0.4, 0.5) is 0 Å². The van der Waals surface area contributed by atoms with Crippen LogP contribution in [0.25, 0.3) is 10.9 Å². The second-order valence-electron chi connectivity index (χ2n) is 10.4. The molecule has 4 N–H and O–H groups in total. The summed E-state index contributed by atoms with van der Waals surface area (Å²) in [4.78, 5) is 42.1. The summed E-state index contributed by atoms with van der Waals surface area (Å²) in [5.74, 6) is -1.43. The average Bonchev–Trinajstić information content (AvgIpc) is 3.37. The van der Waals surface area contributed by atoms with Gasteiger partial charge in [0.25, 0.3) is 0 Å². The highest BCUT2D eigenvalue weighted by Crippen LogP contribution is 2.20. The highest BCUT2D eigenvalue weighted by atomic mass is 16.5. The number of aliphatic hydroxyl groups excluding tert-OH is 1. The van der Waals surface area contributed by atoms with E-state index in [0.717, 1.165) is 41.3 Å². The lowest BCUT2D eigenvalue weighted by Crippen LogP contribution is -2.45. The van der Waals surface area contributed by atoms with Crippen molar-refractivity contribution in [2.24, 2.45) is 5.92 Å². The number of rotatable bonds is 8. The van der Waals surface area contributed by atoms with Crippen LogP contribution in [-0.2, 0) is 32.0 Å². The molecule has 0 radical (unpaired) electrons. The first-order chi connectivity index (χ1) is 19.5. The molecular formula is C32H39N3O5. The van der Waals surface area contributed by atoms with Gasteiger partial charge in [0.15, 0.2) is 0 Å². The fraction of sp³-hybridized carbons (Fsp3) is 0.406. The lowest BCUT2D eigenvalue weighted by Gasteiger charge is -2.23. The van der Waals surface area contributed by atoms with E-state index in [9.17, 15) is 19.5 Å². The van der Waals surface area contributed by atoms with Gasteiger partial charge in [0.1, 0.15) is 6.61 Å².